The molecule has 1 atom stereocenters. The maximum Gasteiger partial charge on any atom is 0.0471 e. The molecule has 0 heterocycles. The zero-order chi connectivity index (χ0) is 13.4. The Morgan fingerprint density at radius 2 is 2.00 bits per heavy atom. The van der Waals surface area contributed by atoms with E-state index in [-0.39, 0.29) is 6.04 Å². The van der Waals surface area contributed by atoms with Gasteiger partial charge < -0.3 is 0 Å². The normalized spacial score (nSPS) is 12.7. The van der Waals surface area contributed by atoms with E-state index in [9.17, 15) is 0 Å². The summed E-state index contributed by atoms with van der Waals surface area (Å²) in [6.07, 6.45) is 7.40. The summed E-state index contributed by atoms with van der Waals surface area (Å²) in [7, 11) is 0. The second kappa shape index (κ2) is 8.92. The van der Waals surface area contributed by atoms with Crippen molar-refractivity contribution in [2.24, 2.45) is 5.84 Å². The molecular formula is C14H22BrClN2. The molecule has 1 aromatic carbocycles. The Hall–Kier alpha value is -0.0900. The molecule has 3 N–H and O–H groups in total. The number of nitrogens with one attached hydrogen (secondary N) is 1. The summed E-state index contributed by atoms with van der Waals surface area (Å²) in [5.41, 5.74) is 4.03. The quantitative estimate of drug-likeness (QED) is 0.400. The van der Waals surface area contributed by atoms with Crippen molar-refractivity contribution in [2.45, 2.75) is 51.5 Å². The van der Waals surface area contributed by atoms with Crippen LogP contribution in [0, 0.1) is 0 Å². The van der Waals surface area contributed by atoms with Crippen LogP contribution in [0.4, 0.5) is 0 Å². The van der Waals surface area contributed by atoms with Crippen LogP contribution in [0.1, 0.15) is 57.1 Å². The van der Waals surface area contributed by atoms with E-state index < -0.39 is 0 Å². The van der Waals surface area contributed by atoms with Crippen LogP contribution >= 0.6 is 27.5 Å². The Morgan fingerprint density at radius 3 is 2.67 bits per heavy atom. The Bertz CT molecular complexity index is 358. The highest BCUT2D eigenvalue weighted by atomic mass is 79.9. The lowest BCUT2D eigenvalue weighted by molar-refractivity contribution is 0.477. The molecule has 0 bridgehead atoms. The van der Waals surface area contributed by atoms with Gasteiger partial charge in [0.15, 0.2) is 0 Å². The topological polar surface area (TPSA) is 38.0 Å². The lowest BCUT2D eigenvalue weighted by Gasteiger charge is -2.18. The fourth-order valence-electron chi connectivity index (χ4n) is 2.06. The molecule has 0 amide bonds. The van der Waals surface area contributed by atoms with Crippen LogP contribution in [0.25, 0.3) is 0 Å². The fraction of sp³-hybridized carbons (Fsp3) is 0.571. The van der Waals surface area contributed by atoms with Crippen LogP contribution in [-0.2, 0) is 0 Å². The van der Waals surface area contributed by atoms with Crippen molar-refractivity contribution < 1.29 is 0 Å². The Kier molecular flexibility index (Phi) is 7.91. The first-order valence-corrected chi connectivity index (χ1v) is 7.77. The zero-order valence-corrected chi connectivity index (χ0v) is 13.2. The molecule has 4 heteroatoms. The number of unbranched alkanes of at least 4 members (excludes halogenated alkanes) is 4. The van der Waals surface area contributed by atoms with E-state index in [0.717, 1.165) is 21.5 Å². The molecule has 0 aliphatic heterocycles. The van der Waals surface area contributed by atoms with Gasteiger partial charge in [0.05, 0.1) is 0 Å². The predicted octanol–water partition coefficient (Wildman–Crippen LogP) is 4.97. The van der Waals surface area contributed by atoms with Gasteiger partial charge in [-0.15, -0.1) is 0 Å². The van der Waals surface area contributed by atoms with E-state index in [4.69, 9.17) is 17.4 Å². The first-order valence-electron chi connectivity index (χ1n) is 6.60. The summed E-state index contributed by atoms with van der Waals surface area (Å²) in [5, 5.41) is 0.749. The largest absolute Gasteiger partial charge is 0.271 e. The van der Waals surface area contributed by atoms with E-state index in [1.54, 1.807) is 0 Å². The van der Waals surface area contributed by atoms with E-state index in [1.165, 1.54) is 32.1 Å². The summed E-state index contributed by atoms with van der Waals surface area (Å²) in [5.74, 6) is 5.65. The maximum atomic E-state index is 6.03. The number of hydrogen-bond donors (Lipinski definition) is 2. The van der Waals surface area contributed by atoms with Gasteiger partial charge in [-0.05, 0) is 30.2 Å². The van der Waals surface area contributed by atoms with Crippen LogP contribution in [0.15, 0.2) is 22.7 Å². The van der Waals surface area contributed by atoms with Crippen LogP contribution in [-0.4, -0.2) is 0 Å². The first kappa shape index (κ1) is 16.0. The van der Waals surface area contributed by atoms with Crippen LogP contribution in [0.2, 0.25) is 5.02 Å². The number of hydrazine groups is 1. The molecule has 0 radical (unpaired) electrons. The van der Waals surface area contributed by atoms with E-state index in [2.05, 4.69) is 28.3 Å². The highest BCUT2D eigenvalue weighted by molar-refractivity contribution is 9.10. The molecule has 0 aliphatic rings. The van der Waals surface area contributed by atoms with E-state index in [1.807, 2.05) is 18.2 Å². The van der Waals surface area contributed by atoms with E-state index >= 15 is 0 Å². The average molecular weight is 334 g/mol. The van der Waals surface area contributed by atoms with Gasteiger partial charge in [0.1, 0.15) is 0 Å². The van der Waals surface area contributed by atoms with Gasteiger partial charge in [0.2, 0.25) is 0 Å². The lowest BCUT2D eigenvalue weighted by Crippen LogP contribution is -2.28. The van der Waals surface area contributed by atoms with Gasteiger partial charge in [-0.25, -0.2) is 0 Å². The number of hydrogen-bond acceptors (Lipinski definition) is 2. The summed E-state index contributed by atoms with van der Waals surface area (Å²) in [4.78, 5) is 0. The predicted molar refractivity (Wildman–Crippen MR) is 82.6 cm³/mol. The molecule has 1 unspecified atom stereocenters. The maximum absolute atomic E-state index is 6.03. The van der Waals surface area contributed by atoms with E-state index in [0.29, 0.717) is 0 Å². The molecule has 0 fully saturated rings. The van der Waals surface area contributed by atoms with Gasteiger partial charge in [0, 0.05) is 15.5 Å². The third kappa shape index (κ3) is 5.27. The van der Waals surface area contributed by atoms with Gasteiger partial charge in [-0.1, -0.05) is 66.6 Å². The highest BCUT2D eigenvalue weighted by Crippen LogP contribution is 2.29. The summed E-state index contributed by atoms with van der Waals surface area (Å²) in [6, 6.07) is 5.99. The molecule has 0 aliphatic carbocycles. The van der Waals surface area contributed by atoms with Gasteiger partial charge in [0.25, 0.3) is 0 Å². The number of nitrogens with two attached hydrogens (primary N) is 1. The molecule has 0 spiro atoms. The van der Waals surface area contributed by atoms with Crippen molar-refractivity contribution in [1.29, 1.82) is 0 Å². The smallest absolute Gasteiger partial charge is 0.0471 e. The molecule has 1 rings (SSSR count). The Morgan fingerprint density at radius 1 is 1.28 bits per heavy atom. The van der Waals surface area contributed by atoms with Crippen molar-refractivity contribution in [3.63, 3.8) is 0 Å². The van der Waals surface area contributed by atoms with Gasteiger partial charge in [-0.2, -0.15) is 0 Å². The zero-order valence-electron chi connectivity index (χ0n) is 10.9. The molecule has 18 heavy (non-hydrogen) atoms. The molecular weight excluding hydrogens is 312 g/mol. The first-order chi connectivity index (χ1) is 8.69. The van der Waals surface area contributed by atoms with Crippen LogP contribution in [0.3, 0.4) is 0 Å². The number of rotatable bonds is 8. The molecule has 2 nitrogen and oxygen atoms in total. The van der Waals surface area contributed by atoms with Crippen molar-refractivity contribution in [1.82, 2.24) is 5.43 Å². The second-order valence-corrected chi connectivity index (χ2v) is 5.88. The van der Waals surface area contributed by atoms with Crippen molar-refractivity contribution in [3.8, 4) is 0 Å². The molecule has 0 saturated heterocycles. The highest BCUT2D eigenvalue weighted by Gasteiger charge is 2.13. The molecule has 0 aromatic heterocycles. The van der Waals surface area contributed by atoms with Crippen molar-refractivity contribution in [2.75, 3.05) is 0 Å². The summed E-state index contributed by atoms with van der Waals surface area (Å²) >= 11 is 9.58. The molecule has 0 saturated carbocycles. The van der Waals surface area contributed by atoms with Crippen molar-refractivity contribution >= 4 is 27.5 Å². The fourth-order valence-corrected chi connectivity index (χ4v) is 2.77. The second-order valence-electron chi connectivity index (χ2n) is 4.59. The van der Waals surface area contributed by atoms with Crippen molar-refractivity contribution in [3.05, 3.63) is 33.3 Å². The molecule has 102 valence electrons. The number of halogens is 2. The third-order valence-electron chi connectivity index (χ3n) is 3.13. The monoisotopic (exact) mass is 332 g/mol. The average Bonchev–Trinajstić information content (AvgIpc) is 2.37. The third-order valence-corrected chi connectivity index (χ3v) is 4.09. The number of benzene rings is 1. The minimum atomic E-state index is 0.166. The van der Waals surface area contributed by atoms with Crippen LogP contribution < -0.4 is 11.3 Å². The standard InChI is InChI=1S/C14H22BrClN2/c1-2-3-4-5-6-7-14(18-17)12-10-11(16)8-9-13(12)15/h8-10,14,18H,2-7,17H2,1H3. The SMILES string of the molecule is CCCCCCCC(NN)c1cc(Cl)ccc1Br. The Balaban J connectivity index is 2.52. The minimum absolute atomic E-state index is 0.166. The van der Waals surface area contributed by atoms with Gasteiger partial charge >= 0.3 is 0 Å². The van der Waals surface area contributed by atoms with Gasteiger partial charge in [-0.3, -0.25) is 11.3 Å². The minimum Gasteiger partial charge on any atom is -0.271 e. The molecule has 1 aromatic rings. The lowest BCUT2D eigenvalue weighted by atomic mass is 10.0. The Labute approximate surface area is 123 Å². The summed E-state index contributed by atoms with van der Waals surface area (Å²) in [6.45, 7) is 2.23. The van der Waals surface area contributed by atoms with Crippen LogP contribution in [0.5, 0.6) is 0 Å². The summed E-state index contributed by atoms with van der Waals surface area (Å²) < 4.78 is 1.06.